The summed E-state index contributed by atoms with van der Waals surface area (Å²) in [5.74, 6) is 1.44. The summed E-state index contributed by atoms with van der Waals surface area (Å²) in [4.78, 5) is 35.9. The van der Waals surface area contributed by atoms with Gasteiger partial charge in [-0.3, -0.25) is 24.3 Å². The number of carbonyl (C=O) groups excluding carboxylic acids is 2. The number of nitrogens with one attached hydrogen (secondary N) is 2. The minimum atomic E-state index is 0.0428. The number of rotatable bonds is 12. The molecule has 1 saturated heterocycles. The third kappa shape index (κ3) is 11.6. The Morgan fingerprint density at radius 3 is 2.43 bits per heavy atom. The van der Waals surface area contributed by atoms with E-state index in [1.807, 2.05) is 75.1 Å². The molecule has 14 heteroatoms. The molecule has 0 bridgehead atoms. The van der Waals surface area contributed by atoms with Crippen molar-refractivity contribution < 1.29 is 24.2 Å². The van der Waals surface area contributed by atoms with Crippen molar-refractivity contribution in [3.63, 3.8) is 0 Å². The molecule has 1 fully saturated rings. The van der Waals surface area contributed by atoms with Crippen LogP contribution in [0.4, 0.5) is 5.69 Å². The van der Waals surface area contributed by atoms with Gasteiger partial charge in [-0.15, -0.1) is 12.8 Å². The molecule has 5 aromatic rings. The number of nitrogens with zero attached hydrogens (tertiary/aromatic N) is 7. The average Bonchev–Trinajstić information content (AvgIpc) is 4.01. The van der Waals surface area contributed by atoms with Gasteiger partial charge in [0.05, 0.1) is 37.4 Å². The molecule has 0 radical (unpaired) electrons. The second kappa shape index (κ2) is 21.9. The van der Waals surface area contributed by atoms with Crippen molar-refractivity contribution in [3.05, 3.63) is 78.8 Å². The quantitative estimate of drug-likeness (QED) is 0.109. The average molecular weight is 764 g/mol. The molecule has 2 aliphatic rings. The number of H-pyrrole nitrogens is 1. The van der Waals surface area contributed by atoms with E-state index in [4.69, 9.17) is 14.6 Å². The molecular weight excluding hydrogens is 711 g/mol. The van der Waals surface area contributed by atoms with E-state index >= 15 is 0 Å². The normalized spacial score (nSPS) is 15.1. The Bertz CT molecular complexity index is 2020. The van der Waals surface area contributed by atoms with E-state index in [2.05, 4.69) is 66.5 Å². The second-order valence-electron chi connectivity index (χ2n) is 13.0. The van der Waals surface area contributed by atoms with Gasteiger partial charge >= 0.3 is 0 Å². The molecule has 296 valence electrons. The third-order valence-electron chi connectivity index (χ3n) is 9.02. The molecule has 2 aliphatic heterocycles. The van der Waals surface area contributed by atoms with E-state index < -0.39 is 0 Å². The van der Waals surface area contributed by atoms with Crippen LogP contribution >= 0.6 is 0 Å². The minimum absolute atomic E-state index is 0.0428. The second-order valence-corrected chi connectivity index (χ2v) is 13.0. The molecule has 5 heterocycles. The van der Waals surface area contributed by atoms with Gasteiger partial charge in [-0.25, -0.2) is 9.97 Å². The highest BCUT2D eigenvalue weighted by molar-refractivity contribution is 5.95. The van der Waals surface area contributed by atoms with Crippen molar-refractivity contribution in [2.75, 3.05) is 51.8 Å². The number of hydrogen-bond donors (Lipinski definition) is 3. The number of carbonyl (C=O) groups is 2. The number of benzene rings is 2. The fourth-order valence-electron chi connectivity index (χ4n) is 6.28. The summed E-state index contributed by atoms with van der Waals surface area (Å²) >= 11 is 0. The lowest BCUT2D eigenvalue weighted by Gasteiger charge is -2.28. The molecule has 14 nitrogen and oxygen atoms in total. The number of amides is 2. The van der Waals surface area contributed by atoms with Gasteiger partial charge in [0.15, 0.2) is 5.82 Å². The number of fused-ring (bicyclic) bond motifs is 1. The predicted molar refractivity (Wildman–Crippen MR) is 220 cm³/mol. The van der Waals surface area contributed by atoms with Gasteiger partial charge in [0.1, 0.15) is 12.0 Å². The molecule has 2 amide bonds. The maximum Gasteiger partial charge on any atom is 0.237 e. The fraction of sp³-hybridized carbons (Fsp3) is 0.381. The Balaban J connectivity index is 0.000000237. The van der Waals surface area contributed by atoms with E-state index in [-0.39, 0.29) is 24.7 Å². The molecule has 7 rings (SSSR count). The molecule has 0 spiro atoms. The van der Waals surface area contributed by atoms with Crippen LogP contribution in [0.2, 0.25) is 0 Å². The van der Waals surface area contributed by atoms with Gasteiger partial charge in [0.25, 0.3) is 0 Å². The predicted octanol–water partition coefficient (Wildman–Crippen LogP) is 5.53. The summed E-state index contributed by atoms with van der Waals surface area (Å²) in [5.41, 5.74) is 6.67. The number of aromatic nitrogens is 6. The van der Waals surface area contributed by atoms with E-state index in [0.717, 1.165) is 65.9 Å². The highest BCUT2D eigenvalue weighted by Gasteiger charge is 2.26. The van der Waals surface area contributed by atoms with E-state index in [1.165, 1.54) is 11.1 Å². The van der Waals surface area contributed by atoms with Crippen molar-refractivity contribution in [2.24, 2.45) is 0 Å². The lowest BCUT2D eigenvalue weighted by Crippen LogP contribution is -2.41. The Morgan fingerprint density at radius 2 is 1.80 bits per heavy atom. The summed E-state index contributed by atoms with van der Waals surface area (Å²) < 4.78 is 12.6. The SMILES string of the molecule is C#C.CC.CC(C)Oc1ccc(-c2n[nH]c3ccc(NC=O)cc23)cn1.CO[C@H]1CCN(CC(=O)N2CC=C(c3ccc(-c4ncn(CCO)n4)cc3)CC2)C1. The first kappa shape index (κ1) is 42.9. The summed E-state index contributed by atoms with van der Waals surface area (Å²) in [5, 5.41) is 24.2. The van der Waals surface area contributed by atoms with Crippen LogP contribution in [0.15, 0.2) is 73.2 Å². The summed E-state index contributed by atoms with van der Waals surface area (Å²) in [6.45, 7) is 12.1. The molecule has 3 aromatic heterocycles. The van der Waals surface area contributed by atoms with Crippen molar-refractivity contribution >= 4 is 34.5 Å². The van der Waals surface area contributed by atoms with Gasteiger partial charge in [0, 0.05) is 67.8 Å². The van der Waals surface area contributed by atoms with Crippen LogP contribution in [0.25, 0.3) is 39.1 Å². The first-order chi connectivity index (χ1) is 27.3. The molecule has 0 aliphatic carbocycles. The van der Waals surface area contributed by atoms with Gasteiger partial charge < -0.3 is 24.8 Å². The minimum Gasteiger partial charge on any atom is -0.475 e. The first-order valence-electron chi connectivity index (χ1n) is 18.8. The Labute approximate surface area is 328 Å². The fourth-order valence-corrected chi connectivity index (χ4v) is 6.28. The molecular formula is C42H53N9O5. The molecule has 1 atom stereocenters. The third-order valence-corrected chi connectivity index (χ3v) is 9.02. The Hall–Kier alpha value is -5.88. The maximum atomic E-state index is 12.6. The van der Waals surface area contributed by atoms with Gasteiger partial charge in [-0.05, 0) is 62.1 Å². The van der Waals surface area contributed by atoms with Gasteiger partial charge in [-0.2, -0.15) is 10.2 Å². The smallest absolute Gasteiger partial charge is 0.237 e. The topological polar surface area (TPSA) is 164 Å². The summed E-state index contributed by atoms with van der Waals surface area (Å²) in [7, 11) is 1.74. The standard InChI is InChI=1S/C22H29N5O3.C16H16N4O2.C2H6.C2H2/c1-30-20-8-9-25(14-20)15-21(29)26-10-6-18(7-11-26)17-2-4-19(5-3-17)22-23-16-27(24-22)12-13-28;1-10(2)22-15-6-3-11(8-17-15)16-13-7-12(18-9-21)4-5-14(13)19-20-16;2*1-2/h2-6,16,20,28H,7-15H2,1H3;3-10H,1-2H3,(H,18,21)(H,19,20);1-2H3;1-2H/t20-;;;/m0.../s1. The largest absolute Gasteiger partial charge is 0.475 e. The van der Waals surface area contributed by atoms with Crippen molar-refractivity contribution in [3.8, 4) is 41.4 Å². The van der Waals surface area contributed by atoms with Crippen LogP contribution in [0.3, 0.4) is 0 Å². The highest BCUT2D eigenvalue weighted by Crippen LogP contribution is 2.29. The lowest BCUT2D eigenvalue weighted by molar-refractivity contribution is -0.131. The monoisotopic (exact) mass is 763 g/mol. The molecule has 56 heavy (non-hydrogen) atoms. The van der Waals surface area contributed by atoms with Crippen molar-refractivity contribution in [2.45, 2.75) is 59.3 Å². The Morgan fingerprint density at radius 1 is 1.05 bits per heavy atom. The number of ether oxygens (including phenoxy) is 2. The number of anilines is 1. The number of methoxy groups -OCH3 is 1. The zero-order valence-electron chi connectivity index (χ0n) is 32.9. The van der Waals surface area contributed by atoms with E-state index in [9.17, 15) is 9.59 Å². The molecule has 2 aromatic carbocycles. The van der Waals surface area contributed by atoms with Crippen LogP contribution in [-0.2, 0) is 20.9 Å². The number of likely N-dealkylation sites (tertiary alicyclic amines) is 1. The lowest BCUT2D eigenvalue weighted by atomic mass is 9.98. The molecule has 3 N–H and O–H groups in total. The van der Waals surface area contributed by atoms with Gasteiger partial charge in [-0.1, -0.05) is 44.2 Å². The van der Waals surface area contributed by atoms with Crippen LogP contribution < -0.4 is 10.1 Å². The summed E-state index contributed by atoms with van der Waals surface area (Å²) in [6.07, 6.45) is 16.4. The number of aromatic amines is 1. The van der Waals surface area contributed by atoms with Crippen LogP contribution in [-0.4, -0.2) is 116 Å². The van der Waals surface area contributed by atoms with Crippen molar-refractivity contribution in [1.29, 1.82) is 0 Å². The highest BCUT2D eigenvalue weighted by atomic mass is 16.5. The van der Waals surface area contributed by atoms with Crippen LogP contribution in [0, 0.1) is 12.8 Å². The van der Waals surface area contributed by atoms with Crippen LogP contribution in [0.1, 0.15) is 46.1 Å². The van der Waals surface area contributed by atoms with Crippen LogP contribution in [0.5, 0.6) is 5.88 Å². The Kier molecular flexibility index (Phi) is 16.7. The first-order valence-corrected chi connectivity index (χ1v) is 18.8. The maximum absolute atomic E-state index is 12.6. The van der Waals surface area contributed by atoms with E-state index in [0.29, 0.717) is 37.7 Å². The summed E-state index contributed by atoms with van der Waals surface area (Å²) in [6, 6.07) is 17.5. The molecule has 0 unspecified atom stereocenters. The van der Waals surface area contributed by atoms with E-state index in [1.54, 1.807) is 24.3 Å². The molecule has 0 saturated carbocycles. The zero-order chi connectivity index (χ0) is 40.5. The van der Waals surface area contributed by atoms with Gasteiger partial charge in [0.2, 0.25) is 18.2 Å². The van der Waals surface area contributed by atoms with Crippen molar-refractivity contribution in [1.82, 2.24) is 39.7 Å². The number of pyridine rings is 1. The number of aliphatic hydroxyl groups excluding tert-OH is 1. The zero-order valence-corrected chi connectivity index (χ0v) is 32.9. The number of aliphatic hydroxyl groups is 1. The number of terminal acetylenes is 1. The number of hydrogen-bond acceptors (Lipinski definition) is 10.